The molecule has 0 aliphatic carbocycles. The van der Waals surface area contributed by atoms with Gasteiger partial charge in [-0.15, -0.1) is 0 Å². The minimum atomic E-state index is -2.67. The van der Waals surface area contributed by atoms with Crippen LogP contribution < -0.4 is 0 Å². The Morgan fingerprint density at radius 1 is 1.65 bits per heavy atom. The van der Waals surface area contributed by atoms with Gasteiger partial charge in [-0.25, -0.2) is 13.8 Å². The summed E-state index contributed by atoms with van der Waals surface area (Å²) >= 11 is 8.73. The zero-order valence-electron chi connectivity index (χ0n) is 8.84. The molecule has 0 aliphatic heterocycles. The highest BCUT2D eigenvalue weighted by Crippen LogP contribution is 2.29. The summed E-state index contributed by atoms with van der Waals surface area (Å²) in [5.74, 6) is -0.554. The fourth-order valence-corrected chi connectivity index (χ4v) is 2.18. The second kappa shape index (κ2) is 6.26. The molecule has 0 saturated heterocycles. The van der Waals surface area contributed by atoms with Gasteiger partial charge in [0.25, 0.3) is 6.43 Å². The molecular weight excluding hydrogens is 319 g/mol. The Bertz CT molecular complexity index is 429. The van der Waals surface area contributed by atoms with Crippen LogP contribution in [0.5, 0.6) is 0 Å². The number of ether oxygens (including phenoxy) is 1. The Hall–Kier alpha value is -0.750. The number of methoxy groups -OCH3 is 1. The highest BCUT2D eigenvalue weighted by molar-refractivity contribution is 9.08. The number of carbonyl (C=O) groups excluding carboxylic acids is 1. The predicted molar refractivity (Wildman–Crippen MR) is 62.6 cm³/mol. The number of nitrogens with zero attached hydrogens (tertiary/aromatic N) is 1. The molecule has 7 heteroatoms. The van der Waals surface area contributed by atoms with Gasteiger partial charge >= 0.3 is 5.97 Å². The van der Waals surface area contributed by atoms with E-state index in [0.29, 0.717) is 0 Å². The van der Waals surface area contributed by atoms with Gasteiger partial charge in [0.05, 0.1) is 19.2 Å². The minimum Gasteiger partial charge on any atom is -0.469 e. The van der Waals surface area contributed by atoms with E-state index in [2.05, 4.69) is 25.7 Å². The van der Waals surface area contributed by atoms with Gasteiger partial charge in [0.1, 0.15) is 5.15 Å². The van der Waals surface area contributed by atoms with Crippen molar-refractivity contribution >= 4 is 33.5 Å². The van der Waals surface area contributed by atoms with E-state index in [0.717, 1.165) is 6.07 Å². The zero-order chi connectivity index (χ0) is 13.0. The first-order chi connectivity index (χ1) is 7.99. The first-order valence-corrected chi connectivity index (χ1v) is 6.08. The molecule has 1 rings (SSSR count). The second-order valence-electron chi connectivity index (χ2n) is 3.15. The molecule has 0 saturated carbocycles. The summed E-state index contributed by atoms with van der Waals surface area (Å²) in [6.45, 7) is 0. The van der Waals surface area contributed by atoms with Crippen molar-refractivity contribution in [2.24, 2.45) is 0 Å². The minimum absolute atomic E-state index is 0.0658. The third-order valence-corrected chi connectivity index (χ3v) is 2.88. The Balaban J connectivity index is 3.23. The molecule has 1 heterocycles. The van der Waals surface area contributed by atoms with E-state index in [1.165, 1.54) is 7.11 Å². The van der Waals surface area contributed by atoms with Crippen LogP contribution in [0.1, 0.15) is 23.2 Å². The lowest BCUT2D eigenvalue weighted by Crippen LogP contribution is -2.10. The van der Waals surface area contributed by atoms with Crippen molar-refractivity contribution in [1.82, 2.24) is 4.98 Å². The van der Waals surface area contributed by atoms with Crippen LogP contribution in [0.3, 0.4) is 0 Å². The molecule has 0 amide bonds. The largest absolute Gasteiger partial charge is 0.469 e. The summed E-state index contributed by atoms with van der Waals surface area (Å²) in [5.41, 5.74) is 0.257. The number of carbonyl (C=O) groups is 1. The number of alkyl halides is 3. The third kappa shape index (κ3) is 3.61. The van der Waals surface area contributed by atoms with Crippen molar-refractivity contribution < 1.29 is 18.3 Å². The van der Waals surface area contributed by atoms with Crippen molar-refractivity contribution in [3.63, 3.8) is 0 Å². The van der Waals surface area contributed by atoms with Crippen molar-refractivity contribution in [2.45, 2.75) is 18.2 Å². The molecule has 0 spiro atoms. The van der Waals surface area contributed by atoms with Gasteiger partial charge in [0.15, 0.2) is 0 Å². The SMILES string of the molecule is COC(=O)Cc1nc(Cl)cc(C(F)F)c1CBr. The van der Waals surface area contributed by atoms with E-state index >= 15 is 0 Å². The number of hydrogen-bond acceptors (Lipinski definition) is 3. The Morgan fingerprint density at radius 3 is 2.76 bits per heavy atom. The van der Waals surface area contributed by atoms with Crippen molar-refractivity contribution in [2.75, 3.05) is 7.11 Å². The van der Waals surface area contributed by atoms with Crippen LogP contribution in [-0.4, -0.2) is 18.1 Å². The maximum Gasteiger partial charge on any atom is 0.311 e. The third-order valence-electron chi connectivity index (χ3n) is 2.12. The number of esters is 1. The first kappa shape index (κ1) is 14.3. The van der Waals surface area contributed by atoms with Crippen LogP contribution in [0.4, 0.5) is 8.78 Å². The molecule has 0 fully saturated rings. The van der Waals surface area contributed by atoms with Gasteiger partial charge in [-0.3, -0.25) is 4.79 Å². The molecule has 0 unspecified atom stereocenters. The van der Waals surface area contributed by atoms with Crippen molar-refractivity contribution in [3.05, 3.63) is 28.0 Å². The highest BCUT2D eigenvalue weighted by atomic mass is 79.9. The second-order valence-corrected chi connectivity index (χ2v) is 4.09. The number of halogens is 4. The van der Waals surface area contributed by atoms with Crippen LogP contribution in [0.25, 0.3) is 0 Å². The number of rotatable bonds is 4. The van der Waals surface area contributed by atoms with Gasteiger partial charge in [-0.2, -0.15) is 0 Å². The van der Waals surface area contributed by atoms with E-state index in [-0.39, 0.29) is 33.7 Å². The molecule has 0 aliphatic rings. The lowest BCUT2D eigenvalue weighted by atomic mass is 10.1. The molecule has 0 radical (unpaired) electrons. The van der Waals surface area contributed by atoms with E-state index in [4.69, 9.17) is 11.6 Å². The summed E-state index contributed by atoms with van der Waals surface area (Å²) in [6, 6.07) is 1.10. The lowest BCUT2D eigenvalue weighted by molar-refractivity contribution is -0.139. The topological polar surface area (TPSA) is 39.2 Å². The zero-order valence-corrected chi connectivity index (χ0v) is 11.2. The van der Waals surface area contributed by atoms with Crippen LogP contribution in [0.15, 0.2) is 6.07 Å². The lowest BCUT2D eigenvalue weighted by Gasteiger charge is -2.11. The monoisotopic (exact) mass is 327 g/mol. The van der Waals surface area contributed by atoms with E-state index in [1.54, 1.807) is 0 Å². The Morgan fingerprint density at radius 2 is 2.29 bits per heavy atom. The Labute approximate surface area is 110 Å². The molecule has 0 N–H and O–H groups in total. The summed E-state index contributed by atoms with van der Waals surface area (Å²) in [5, 5.41) is 0.104. The van der Waals surface area contributed by atoms with Crippen LogP contribution in [0.2, 0.25) is 5.15 Å². The molecule has 0 atom stereocenters. The molecular formula is C10H9BrClF2NO2. The maximum absolute atomic E-state index is 12.8. The molecule has 0 bridgehead atoms. The van der Waals surface area contributed by atoms with Gasteiger partial charge in [0, 0.05) is 10.9 Å². The quantitative estimate of drug-likeness (QED) is 0.484. The van der Waals surface area contributed by atoms with Gasteiger partial charge in [0.2, 0.25) is 0 Å². The average Bonchev–Trinajstić information content (AvgIpc) is 2.28. The molecule has 1 aromatic heterocycles. The van der Waals surface area contributed by atoms with Crippen LogP contribution >= 0.6 is 27.5 Å². The number of pyridine rings is 1. The van der Waals surface area contributed by atoms with Crippen LogP contribution in [0, 0.1) is 0 Å². The molecule has 3 nitrogen and oxygen atoms in total. The standard InChI is InChI=1S/C10H9BrClF2NO2/c1-17-9(16)3-7-6(4-11)5(10(13)14)2-8(12)15-7/h2,10H,3-4H2,1H3. The predicted octanol–water partition coefficient (Wildman–Crippen LogP) is 3.28. The fraction of sp³-hybridized carbons (Fsp3) is 0.400. The number of hydrogen-bond donors (Lipinski definition) is 0. The molecule has 17 heavy (non-hydrogen) atoms. The normalized spacial score (nSPS) is 10.7. The van der Waals surface area contributed by atoms with Gasteiger partial charge in [-0.1, -0.05) is 27.5 Å². The summed E-state index contributed by atoms with van der Waals surface area (Å²) < 4.78 is 30.0. The van der Waals surface area contributed by atoms with Crippen molar-refractivity contribution in [3.8, 4) is 0 Å². The smallest absolute Gasteiger partial charge is 0.311 e. The van der Waals surface area contributed by atoms with Gasteiger partial charge in [-0.05, 0) is 11.6 Å². The van der Waals surface area contributed by atoms with E-state index in [9.17, 15) is 13.6 Å². The number of aromatic nitrogens is 1. The molecule has 94 valence electrons. The average molecular weight is 329 g/mol. The summed E-state index contributed by atoms with van der Waals surface area (Å²) in [6.07, 6.45) is -2.85. The first-order valence-electron chi connectivity index (χ1n) is 4.58. The summed E-state index contributed by atoms with van der Waals surface area (Å²) in [7, 11) is 1.22. The van der Waals surface area contributed by atoms with Crippen LogP contribution in [-0.2, 0) is 21.3 Å². The fourth-order valence-electron chi connectivity index (χ4n) is 1.31. The van der Waals surface area contributed by atoms with E-state index in [1.807, 2.05) is 0 Å². The molecule has 0 aromatic carbocycles. The Kier molecular flexibility index (Phi) is 5.27. The van der Waals surface area contributed by atoms with Crippen molar-refractivity contribution in [1.29, 1.82) is 0 Å². The summed E-state index contributed by atoms with van der Waals surface area (Å²) in [4.78, 5) is 15.0. The van der Waals surface area contributed by atoms with E-state index < -0.39 is 12.4 Å². The van der Waals surface area contributed by atoms with Gasteiger partial charge < -0.3 is 4.74 Å². The molecule has 1 aromatic rings. The maximum atomic E-state index is 12.8. The highest BCUT2D eigenvalue weighted by Gasteiger charge is 2.19.